The second-order valence-electron chi connectivity index (χ2n) is 7.04. The molecule has 1 fully saturated rings. The van der Waals surface area contributed by atoms with Gasteiger partial charge < -0.3 is 5.32 Å². The molecule has 2 rings (SSSR count). The van der Waals surface area contributed by atoms with E-state index >= 15 is 0 Å². The molecule has 1 aliphatic rings. The molecule has 1 saturated heterocycles. The molecule has 2 heteroatoms. The molecule has 2 atom stereocenters. The minimum Gasteiger partial charge on any atom is -0.307 e. The first kappa shape index (κ1) is 16.5. The van der Waals surface area contributed by atoms with E-state index in [-0.39, 0.29) is 0 Å². The summed E-state index contributed by atoms with van der Waals surface area (Å²) in [6.07, 6.45) is 2.43. The van der Waals surface area contributed by atoms with Crippen LogP contribution in [0.4, 0.5) is 0 Å². The van der Waals surface area contributed by atoms with Crippen LogP contribution in [-0.4, -0.2) is 29.6 Å². The van der Waals surface area contributed by atoms with Crippen molar-refractivity contribution in [2.75, 3.05) is 13.1 Å². The van der Waals surface area contributed by atoms with Gasteiger partial charge in [0.05, 0.1) is 0 Å². The van der Waals surface area contributed by atoms with E-state index in [0.29, 0.717) is 23.5 Å². The van der Waals surface area contributed by atoms with Gasteiger partial charge in [0.2, 0.25) is 0 Å². The Hall–Kier alpha value is -0.860. The van der Waals surface area contributed by atoms with Crippen LogP contribution in [0.25, 0.3) is 0 Å². The molecule has 1 aromatic carbocycles. The molecule has 1 heterocycles. The Morgan fingerprint density at radius 2 is 1.81 bits per heavy atom. The Morgan fingerprint density at radius 3 is 2.33 bits per heavy atom. The van der Waals surface area contributed by atoms with E-state index in [1.165, 1.54) is 18.4 Å². The van der Waals surface area contributed by atoms with E-state index in [1.54, 1.807) is 0 Å². The average Bonchev–Trinajstić information content (AvgIpc) is 2.54. The smallest absolute Gasteiger partial charge is 0.0450 e. The summed E-state index contributed by atoms with van der Waals surface area (Å²) in [6, 6.07) is 12.0. The highest BCUT2D eigenvalue weighted by atomic mass is 15.3. The highest BCUT2D eigenvalue weighted by Crippen LogP contribution is 2.33. The number of rotatable bonds is 5. The summed E-state index contributed by atoms with van der Waals surface area (Å²) < 4.78 is 0. The lowest BCUT2D eigenvalue weighted by Crippen LogP contribution is -2.62. The summed E-state index contributed by atoms with van der Waals surface area (Å²) >= 11 is 0. The highest BCUT2D eigenvalue weighted by Gasteiger charge is 2.39. The monoisotopic (exact) mass is 288 g/mol. The third-order valence-electron chi connectivity index (χ3n) is 5.54. The van der Waals surface area contributed by atoms with E-state index < -0.39 is 0 Å². The molecule has 2 nitrogen and oxygen atoms in total. The second kappa shape index (κ2) is 6.93. The van der Waals surface area contributed by atoms with Crippen molar-refractivity contribution in [3.63, 3.8) is 0 Å². The molecular weight excluding hydrogens is 256 g/mol. The van der Waals surface area contributed by atoms with Crippen LogP contribution in [-0.2, 0) is 0 Å². The first-order chi connectivity index (χ1) is 10.0. The maximum atomic E-state index is 3.78. The third-order valence-corrected chi connectivity index (χ3v) is 5.54. The molecule has 1 N–H and O–H groups in total. The van der Waals surface area contributed by atoms with E-state index in [9.17, 15) is 0 Å². The minimum absolute atomic E-state index is 0.310. The van der Waals surface area contributed by atoms with Gasteiger partial charge in [-0.2, -0.15) is 0 Å². The largest absolute Gasteiger partial charge is 0.307 e. The number of hydrogen-bond acceptors (Lipinski definition) is 2. The Labute approximate surface area is 130 Å². The molecule has 2 unspecified atom stereocenters. The maximum absolute atomic E-state index is 3.78. The van der Waals surface area contributed by atoms with Gasteiger partial charge in [-0.15, -0.1) is 0 Å². The van der Waals surface area contributed by atoms with Crippen LogP contribution in [0, 0.1) is 5.92 Å². The molecular formula is C19H32N2. The first-order valence-corrected chi connectivity index (χ1v) is 8.57. The van der Waals surface area contributed by atoms with Crippen molar-refractivity contribution in [3.8, 4) is 0 Å². The molecule has 1 aliphatic heterocycles. The van der Waals surface area contributed by atoms with Gasteiger partial charge in [0.15, 0.2) is 0 Å². The average molecular weight is 288 g/mol. The molecule has 0 spiro atoms. The van der Waals surface area contributed by atoms with Gasteiger partial charge in [-0.3, -0.25) is 4.90 Å². The standard InChI is InChI=1S/C19H32N2/c1-6-19(5,7-2)21-14-17(16-11-9-8-10-12-16)20-13-18(21)15(3)4/h8-12,15,17-18,20H,6-7,13-14H2,1-5H3. The SMILES string of the molecule is CCC(C)(CC)N1CC(c2ccccc2)NCC1C(C)C. The number of benzene rings is 1. The zero-order valence-electron chi connectivity index (χ0n) is 14.4. The van der Waals surface area contributed by atoms with Crippen molar-refractivity contribution in [1.29, 1.82) is 0 Å². The summed E-state index contributed by atoms with van der Waals surface area (Å²) in [7, 11) is 0. The zero-order valence-corrected chi connectivity index (χ0v) is 14.4. The van der Waals surface area contributed by atoms with Crippen molar-refractivity contribution in [2.45, 2.75) is 65.1 Å². The Balaban J connectivity index is 2.24. The number of piperazine rings is 1. The van der Waals surface area contributed by atoms with E-state index in [1.807, 2.05) is 0 Å². The van der Waals surface area contributed by atoms with Crippen LogP contribution in [0.1, 0.15) is 59.1 Å². The fourth-order valence-electron chi connectivity index (χ4n) is 3.55. The first-order valence-electron chi connectivity index (χ1n) is 8.57. The summed E-state index contributed by atoms with van der Waals surface area (Å²) in [4.78, 5) is 2.78. The molecule has 0 amide bonds. The second-order valence-corrected chi connectivity index (χ2v) is 7.04. The Morgan fingerprint density at radius 1 is 1.19 bits per heavy atom. The van der Waals surface area contributed by atoms with Crippen molar-refractivity contribution >= 4 is 0 Å². The lowest BCUT2D eigenvalue weighted by molar-refractivity contribution is -0.00486. The molecule has 0 aliphatic carbocycles. The molecule has 1 aromatic rings. The van der Waals surface area contributed by atoms with Gasteiger partial charge in [0.1, 0.15) is 0 Å². The van der Waals surface area contributed by atoms with Crippen LogP contribution >= 0.6 is 0 Å². The lowest BCUT2D eigenvalue weighted by atomic mass is 9.85. The lowest BCUT2D eigenvalue weighted by Gasteiger charge is -2.51. The number of hydrogen-bond donors (Lipinski definition) is 1. The Bertz CT molecular complexity index is 422. The summed E-state index contributed by atoms with van der Waals surface area (Å²) in [5, 5.41) is 3.78. The van der Waals surface area contributed by atoms with E-state index in [0.717, 1.165) is 13.1 Å². The van der Waals surface area contributed by atoms with Gasteiger partial charge in [0.25, 0.3) is 0 Å². The minimum atomic E-state index is 0.310. The topological polar surface area (TPSA) is 15.3 Å². The molecule has 0 aromatic heterocycles. The van der Waals surface area contributed by atoms with Crippen molar-refractivity contribution < 1.29 is 0 Å². The van der Waals surface area contributed by atoms with Crippen LogP contribution in [0.2, 0.25) is 0 Å². The van der Waals surface area contributed by atoms with Crippen molar-refractivity contribution in [3.05, 3.63) is 35.9 Å². The quantitative estimate of drug-likeness (QED) is 0.872. The predicted octanol–water partition coefficient (Wildman–Crippen LogP) is 4.24. The fraction of sp³-hybridized carbons (Fsp3) is 0.684. The molecule has 21 heavy (non-hydrogen) atoms. The van der Waals surface area contributed by atoms with Crippen LogP contribution in [0.15, 0.2) is 30.3 Å². The van der Waals surface area contributed by atoms with Gasteiger partial charge in [0, 0.05) is 30.7 Å². The molecule has 0 saturated carbocycles. The Kier molecular flexibility index (Phi) is 5.45. The van der Waals surface area contributed by atoms with Gasteiger partial charge >= 0.3 is 0 Å². The van der Waals surface area contributed by atoms with Crippen LogP contribution < -0.4 is 5.32 Å². The molecule has 0 bridgehead atoms. The number of nitrogens with zero attached hydrogens (tertiary/aromatic N) is 1. The molecule has 0 radical (unpaired) electrons. The maximum Gasteiger partial charge on any atom is 0.0450 e. The summed E-state index contributed by atoms with van der Waals surface area (Å²) in [5.41, 5.74) is 1.73. The van der Waals surface area contributed by atoms with Crippen molar-refractivity contribution in [1.82, 2.24) is 10.2 Å². The summed E-state index contributed by atoms with van der Waals surface area (Å²) in [5.74, 6) is 0.687. The zero-order chi connectivity index (χ0) is 15.5. The third kappa shape index (κ3) is 3.49. The fourth-order valence-corrected chi connectivity index (χ4v) is 3.55. The van der Waals surface area contributed by atoms with Crippen LogP contribution in [0.3, 0.4) is 0 Å². The van der Waals surface area contributed by atoms with E-state index in [4.69, 9.17) is 0 Å². The normalized spacial score (nSPS) is 24.5. The van der Waals surface area contributed by atoms with Gasteiger partial charge in [-0.1, -0.05) is 58.0 Å². The van der Waals surface area contributed by atoms with Gasteiger partial charge in [-0.25, -0.2) is 0 Å². The van der Waals surface area contributed by atoms with Gasteiger partial charge in [-0.05, 0) is 31.2 Å². The highest BCUT2D eigenvalue weighted by molar-refractivity contribution is 5.20. The van der Waals surface area contributed by atoms with Crippen molar-refractivity contribution in [2.24, 2.45) is 5.92 Å². The molecule has 118 valence electrons. The predicted molar refractivity (Wildman–Crippen MR) is 91.5 cm³/mol. The number of nitrogens with one attached hydrogen (secondary N) is 1. The van der Waals surface area contributed by atoms with E-state index in [2.05, 4.69) is 75.2 Å². The summed E-state index contributed by atoms with van der Waals surface area (Å²) in [6.45, 7) is 14.0. The van der Waals surface area contributed by atoms with Crippen LogP contribution in [0.5, 0.6) is 0 Å².